The van der Waals surface area contributed by atoms with E-state index in [9.17, 15) is 14.4 Å². The molecule has 1 heterocycles. The largest absolute Gasteiger partial charge is 1.00 e. The van der Waals surface area contributed by atoms with Gasteiger partial charge in [-0.1, -0.05) is 0 Å². The molecule has 0 fully saturated rings. The average Bonchev–Trinajstić information content (AvgIpc) is 1.59. The van der Waals surface area contributed by atoms with Gasteiger partial charge in [-0.05, 0) is 0 Å². The first kappa shape index (κ1) is 14.0. The molecule has 0 radical (unpaired) electrons. The van der Waals surface area contributed by atoms with E-state index in [1.165, 1.54) is 0 Å². The predicted molar refractivity (Wildman–Crippen MR) is 28.3 cm³/mol. The summed E-state index contributed by atoms with van der Waals surface area (Å²) in [6.07, 6.45) is 0. The monoisotopic (exact) mass is 175 g/mol. The van der Waals surface area contributed by atoms with Crippen LogP contribution in [-0.4, -0.2) is 15.0 Å². The van der Waals surface area contributed by atoms with Gasteiger partial charge < -0.3 is 0 Å². The summed E-state index contributed by atoms with van der Waals surface area (Å²) in [7, 11) is 0. The van der Waals surface area contributed by atoms with Crippen LogP contribution in [0.1, 0.15) is 0 Å². The summed E-state index contributed by atoms with van der Waals surface area (Å²) in [4.78, 5) is 35.9. The Kier molecular flexibility index (Phi) is 7.60. The molecule has 0 aromatic carbocycles. The molecule has 3 N–H and O–H groups in total. The molecule has 0 spiro atoms. The third-order valence-corrected chi connectivity index (χ3v) is 0.681. The van der Waals surface area contributed by atoms with Crippen LogP contribution < -0.4 is 76.2 Å². The summed E-state index contributed by atoms with van der Waals surface area (Å²) in [6.45, 7) is 0. The number of nitrogens with one attached hydrogen (secondary N) is 3. The van der Waals surface area contributed by atoms with E-state index < -0.39 is 17.1 Å². The normalized spacial score (nSPS) is 7.64. The Labute approximate surface area is 104 Å². The predicted octanol–water partition coefficient (Wildman–Crippen LogP) is -8.24. The topological polar surface area (TPSA) is 98.6 Å². The van der Waals surface area contributed by atoms with Crippen molar-refractivity contribution in [2.24, 2.45) is 0 Å². The van der Waals surface area contributed by atoms with Crippen molar-refractivity contribution in [3.8, 4) is 0 Å². The van der Waals surface area contributed by atoms with Gasteiger partial charge in [-0.25, -0.2) is 14.4 Å². The molecule has 0 amide bonds. The Bertz CT molecular complexity index is 284. The summed E-state index contributed by atoms with van der Waals surface area (Å²) in [5.74, 6) is 0. The van der Waals surface area contributed by atoms with Gasteiger partial charge in [-0.15, -0.1) is 0 Å². The Morgan fingerprint density at radius 1 is 0.636 bits per heavy atom. The summed E-state index contributed by atoms with van der Waals surface area (Å²) in [5, 5.41) is 0. The van der Waals surface area contributed by atoms with Gasteiger partial charge in [0.2, 0.25) is 0 Å². The van der Waals surface area contributed by atoms with Gasteiger partial charge in [-0.2, -0.15) is 0 Å². The zero-order valence-corrected chi connectivity index (χ0v) is 10.2. The Balaban J connectivity index is 0. The van der Waals surface area contributed by atoms with Gasteiger partial charge in [0, 0.05) is 0 Å². The molecule has 0 saturated carbocycles. The van der Waals surface area contributed by atoms with Crippen LogP contribution in [0.15, 0.2) is 14.4 Å². The minimum absolute atomic E-state index is 0. The first-order valence-electron chi connectivity index (χ1n) is 2.11. The van der Waals surface area contributed by atoms with Crippen LogP contribution in [0.25, 0.3) is 0 Å². The van der Waals surface area contributed by atoms with Crippen molar-refractivity contribution < 1.29 is 59.1 Å². The van der Waals surface area contributed by atoms with E-state index in [1.807, 2.05) is 0 Å². The van der Waals surface area contributed by atoms with Crippen LogP contribution >= 0.6 is 0 Å². The molecule has 8 heteroatoms. The second kappa shape index (κ2) is 5.99. The van der Waals surface area contributed by atoms with Gasteiger partial charge in [0.15, 0.2) is 0 Å². The Morgan fingerprint density at radius 2 is 0.818 bits per heavy atom. The van der Waals surface area contributed by atoms with Crippen molar-refractivity contribution in [3.63, 3.8) is 0 Å². The maximum Gasteiger partial charge on any atom is 1.00 e. The number of hydrogen-bond acceptors (Lipinski definition) is 3. The average molecular weight is 175 g/mol. The van der Waals surface area contributed by atoms with Gasteiger partial charge in [0.1, 0.15) is 0 Å². The zero-order chi connectivity index (χ0) is 6.85. The van der Waals surface area contributed by atoms with Crippen LogP contribution in [0.5, 0.6) is 0 Å². The van der Waals surface area contributed by atoms with E-state index in [4.69, 9.17) is 0 Å². The van der Waals surface area contributed by atoms with E-state index in [-0.39, 0.29) is 59.1 Å². The van der Waals surface area contributed by atoms with E-state index in [0.717, 1.165) is 0 Å². The minimum Gasteiger partial charge on any atom is -0.259 e. The molecule has 0 unspecified atom stereocenters. The number of rotatable bonds is 0. The van der Waals surface area contributed by atoms with Crippen LogP contribution in [0.2, 0.25) is 0 Å². The van der Waals surface area contributed by atoms with Crippen molar-refractivity contribution in [1.82, 2.24) is 15.0 Å². The summed E-state index contributed by atoms with van der Waals surface area (Å²) < 4.78 is 0. The third-order valence-electron chi connectivity index (χ3n) is 0.681. The maximum atomic E-state index is 10.2. The number of H-pyrrole nitrogens is 3. The number of aromatic nitrogens is 3. The fraction of sp³-hybridized carbons (Fsp3) is 0. The zero-order valence-electron chi connectivity index (χ0n) is 6.22. The van der Waals surface area contributed by atoms with Crippen molar-refractivity contribution in [3.05, 3.63) is 31.5 Å². The fourth-order valence-electron chi connectivity index (χ4n) is 0.403. The molecule has 0 aliphatic heterocycles. The van der Waals surface area contributed by atoms with Crippen molar-refractivity contribution in [1.29, 1.82) is 0 Å². The van der Waals surface area contributed by atoms with E-state index in [2.05, 4.69) is 0 Å². The first-order chi connectivity index (χ1) is 4.18. The van der Waals surface area contributed by atoms with Gasteiger partial charge in [0.05, 0.1) is 0 Å². The van der Waals surface area contributed by atoms with Crippen LogP contribution in [0.3, 0.4) is 0 Å². The molecular formula is C3H3N3Na2O3+2. The second-order valence-corrected chi connectivity index (χ2v) is 1.36. The molecule has 11 heavy (non-hydrogen) atoms. The molecule has 6 nitrogen and oxygen atoms in total. The van der Waals surface area contributed by atoms with Crippen LogP contribution in [0, 0.1) is 0 Å². The molecule has 0 aliphatic rings. The molecular weight excluding hydrogens is 172 g/mol. The molecule has 0 atom stereocenters. The second-order valence-electron chi connectivity index (χ2n) is 1.36. The molecule has 1 rings (SSSR count). The van der Waals surface area contributed by atoms with Gasteiger partial charge in [-0.3, -0.25) is 15.0 Å². The molecule has 0 bridgehead atoms. The van der Waals surface area contributed by atoms with Crippen LogP contribution in [-0.2, 0) is 0 Å². The Morgan fingerprint density at radius 3 is 1.00 bits per heavy atom. The van der Waals surface area contributed by atoms with Gasteiger partial charge >= 0.3 is 76.2 Å². The van der Waals surface area contributed by atoms with Crippen molar-refractivity contribution in [2.75, 3.05) is 0 Å². The van der Waals surface area contributed by atoms with E-state index in [0.29, 0.717) is 0 Å². The third kappa shape index (κ3) is 4.78. The fourth-order valence-corrected chi connectivity index (χ4v) is 0.403. The quantitative estimate of drug-likeness (QED) is 0.341. The maximum absolute atomic E-state index is 10.2. The Hall–Kier alpha value is 0.410. The molecule has 1 aromatic rings. The summed E-state index contributed by atoms with van der Waals surface area (Å²) in [5.41, 5.74) is -2.41. The number of hydrogen-bond donors (Lipinski definition) is 3. The first-order valence-corrected chi connectivity index (χ1v) is 2.11. The molecule has 0 saturated heterocycles. The smallest absolute Gasteiger partial charge is 0.259 e. The summed E-state index contributed by atoms with van der Waals surface area (Å²) >= 11 is 0. The number of aromatic amines is 3. The minimum atomic E-state index is -0.802. The summed E-state index contributed by atoms with van der Waals surface area (Å²) in [6, 6.07) is 0. The molecule has 0 aliphatic carbocycles. The standard InChI is InChI=1S/C3H3N3O3.2Na/c7-1-4-2(8)6-3(9)5-1;;/h(H3,4,5,6,7,8,9);;/q;2*+1. The van der Waals surface area contributed by atoms with E-state index >= 15 is 0 Å². The molecule has 1 aromatic heterocycles. The molecule has 48 valence electrons. The van der Waals surface area contributed by atoms with E-state index in [1.54, 1.807) is 15.0 Å². The van der Waals surface area contributed by atoms with Crippen molar-refractivity contribution in [2.45, 2.75) is 0 Å². The van der Waals surface area contributed by atoms with Crippen LogP contribution in [0.4, 0.5) is 0 Å². The van der Waals surface area contributed by atoms with Crippen molar-refractivity contribution >= 4 is 0 Å². The SMILES string of the molecule is O=c1[nH]c(=O)[nH]c(=O)[nH]1.[Na+].[Na+]. The van der Waals surface area contributed by atoms with Gasteiger partial charge in [0.25, 0.3) is 0 Å².